The van der Waals surface area contributed by atoms with Gasteiger partial charge >= 0.3 is 0 Å². The Labute approximate surface area is 264 Å². The second-order valence-electron chi connectivity index (χ2n) is 12.4. The van der Waals surface area contributed by atoms with E-state index in [1.54, 1.807) is 17.0 Å². The monoisotopic (exact) mass is 667 g/mol. The maximum atomic E-state index is 14.3. The van der Waals surface area contributed by atoms with E-state index in [1.807, 2.05) is 66.7 Å². The van der Waals surface area contributed by atoms with Gasteiger partial charge in [0.1, 0.15) is 12.6 Å². The van der Waals surface area contributed by atoms with Crippen LogP contribution in [0.15, 0.2) is 83.3 Å². The van der Waals surface area contributed by atoms with Crippen LogP contribution in [0.2, 0.25) is 0 Å². The third-order valence-corrected chi connectivity index (χ3v) is 9.61. The number of carbonyl (C=O) groups is 2. The molecule has 0 bridgehead atoms. The van der Waals surface area contributed by atoms with E-state index in [0.717, 1.165) is 57.4 Å². The molecule has 1 fully saturated rings. The third kappa shape index (κ3) is 9.16. The molecular weight excluding hydrogens is 626 g/mol. The number of hydrogen-bond donors (Lipinski definition) is 1. The molecule has 9 heteroatoms. The van der Waals surface area contributed by atoms with Crippen molar-refractivity contribution in [1.29, 1.82) is 0 Å². The Balaban J connectivity index is 1.71. The molecule has 1 N–H and O–H groups in total. The minimum absolute atomic E-state index is 0.0734. The quantitative estimate of drug-likeness (QED) is 0.263. The van der Waals surface area contributed by atoms with Gasteiger partial charge in [0.05, 0.1) is 11.9 Å². The van der Waals surface area contributed by atoms with Crippen LogP contribution in [0.4, 0.5) is 5.69 Å². The van der Waals surface area contributed by atoms with Crippen LogP contribution < -0.4 is 9.62 Å². The van der Waals surface area contributed by atoms with Crippen LogP contribution in [0.1, 0.15) is 63.1 Å². The highest BCUT2D eigenvalue weighted by atomic mass is 79.9. The molecule has 3 aromatic rings. The first kappa shape index (κ1) is 32.7. The molecule has 1 aliphatic rings. The molecule has 0 radical (unpaired) electrons. The second-order valence-corrected chi connectivity index (χ2v) is 15.2. The van der Waals surface area contributed by atoms with Crippen LogP contribution in [0.5, 0.6) is 0 Å². The van der Waals surface area contributed by atoms with Gasteiger partial charge in [0, 0.05) is 23.5 Å². The normalized spacial score (nSPS) is 14.7. The highest BCUT2D eigenvalue weighted by Gasteiger charge is 2.34. The Kier molecular flexibility index (Phi) is 10.7. The average Bonchev–Trinajstić information content (AvgIpc) is 3.47. The van der Waals surface area contributed by atoms with E-state index in [1.165, 1.54) is 0 Å². The summed E-state index contributed by atoms with van der Waals surface area (Å²) in [6.07, 6.45) is 5.36. The summed E-state index contributed by atoms with van der Waals surface area (Å²) in [5.74, 6) is -0.669. The van der Waals surface area contributed by atoms with Crippen molar-refractivity contribution in [1.82, 2.24) is 10.2 Å². The number of rotatable bonds is 11. The molecule has 0 aliphatic heterocycles. The summed E-state index contributed by atoms with van der Waals surface area (Å²) in [5, 5.41) is 3.19. The standard InChI is InChI=1S/C34H42BrN3O4S/c1-34(2,3)27-16-20-30(21-17-27)38(43(4,41)42)24-32(39)37(23-26-14-18-28(35)19-15-26)31(22-25-10-6-5-7-11-25)33(40)36-29-12-8-9-13-29/h5-7,10-11,14-21,29,31H,8-9,12-13,22-24H2,1-4H3,(H,36,40). The van der Waals surface area contributed by atoms with E-state index < -0.39 is 28.5 Å². The van der Waals surface area contributed by atoms with Gasteiger partial charge in [-0.05, 0) is 59.2 Å². The van der Waals surface area contributed by atoms with Crippen LogP contribution in [0, 0.1) is 0 Å². The third-order valence-electron chi connectivity index (χ3n) is 7.94. The first-order chi connectivity index (χ1) is 20.3. The summed E-state index contributed by atoms with van der Waals surface area (Å²) >= 11 is 3.47. The van der Waals surface area contributed by atoms with Crippen molar-refractivity contribution in [2.75, 3.05) is 17.1 Å². The van der Waals surface area contributed by atoms with E-state index in [2.05, 4.69) is 42.0 Å². The zero-order valence-electron chi connectivity index (χ0n) is 25.4. The van der Waals surface area contributed by atoms with Crippen LogP contribution in [0.25, 0.3) is 0 Å². The van der Waals surface area contributed by atoms with Gasteiger partial charge in [0.2, 0.25) is 21.8 Å². The lowest BCUT2D eigenvalue weighted by Gasteiger charge is -2.34. The molecule has 1 aliphatic carbocycles. The fourth-order valence-corrected chi connectivity index (χ4v) is 6.56. The Morgan fingerprint density at radius 1 is 0.907 bits per heavy atom. The fraction of sp³-hybridized carbons (Fsp3) is 0.412. The number of anilines is 1. The predicted octanol–water partition coefficient (Wildman–Crippen LogP) is 6.21. The summed E-state index contributed by atoms with van der Waals surface area (Å²) in [6, 6.07) is 23.7. The van der Waals surface area contributed by atoms with E-state index in [9.17, 15) is 18.0 Å². The van der Waals surface area contributed by atoms with E-state index in [0.29, 0.717) is 12.1 Å². The van der Waals surface area contributed by atoms with Gasteiger partial charge in [-0.2, -0.15) is 0 Å². The van der Waals surface area contributed by atoms with E-state index in [4.69, 9.17) is 0 Å². The maximum absolute atomic E-state index is 14.3. The van der Waals surface area contributed by atoms with Crippen molar-refractivity contribution in [3.05, 3.63) is 100 Å². The molecule has 0 heterocycles. The molecule has 230 valence electrons. The molecular formula is C34H42BrN3O4S. The van der Waals surface area contributed by atoms with Crippen LogP contribution in [0.3, 0.4) is 0 Å². The molecule has 1 unspecified atom stereocenters. The summed E-state index contributed by atoms with van der Waals surface area (Å²) in [6.45, 7) is 5.99. The summed E-state index contributed by atoms with van der Waals surface area (Å²) in [4.78, 5) is 29.8. The molecule has 43 heavy (non-hydrogen) atoms. The average molecular weight is 669 g/mol. The van der Waals surface area contributed by atoms with Gasteiger partial charge in [0.15, 0.2) is 0 Å². The summed E-state index contributed by atoms with van der Waals surface area (Å²) < 4.78 is 28.2. The molecule has 0 spiro atoms. The van der Waals surface area contributed by atoms with E-state index >= 15 is 0 Å². The van der Waals surface area contributed by atoms with Crippen molar-refractivity contribution in [2.45, 2.75) is 76.9 Å². The minimum atomic E-state index is -3.82. The number of carbonyl (C=O) groups excluding carboxylic acids is 2. The largest absolute Gasteiger partial charge is 0.352 e. The van der Waals surface area contributed by atoms with E-state index in [-0.39, 0.29) is 23.9 Å². The molecule has 3 aromatic carbocycles. The second kappa shape index (κ2) is 14.1. The van der Waals surface area contributed by atoms with Gasteiger partial charge in [-0.15, -0.1) is 0 Å². The highest BCUT2D eigenvalue weighted by Crippen LogP contribution is 2.27. The first-order valence-corrected chi connectivity index (χ1v) is 17.4. The number of sulfonamides is 1. The molecule has 4 rings (SSSR count). The summed E-state index contributed by atoms with van der Waals surface area (Å²) in [7, 11) is -3.82. The first-order valence-electron chi connectivity index (χ1n) is 14.8. The fourth-order valence-electron chi connectivity index (χ4n) is 5.45. The Morgan fingerprint density at radius 2 is 1.51 bits per heavy atom. The SMILES string of the molecule is CC(C)(C)c1ccc(N(CC(=O)N(Cc2ccc(Br)cc2)C(Cc2ccccc2)C(=O)NC2CCCC2)S(C)(=O)=O)cc1. The lowest BCUT2D eigenvalue weighted by Crippen LogP contribution is -2.54. The topological polar surface area (TPSA) is 86.8 Å². The zero-order valence-corrected chi connectivity index (χ0v) is 27.8. The maximum Gasteiger partial charge on any atom is 0.244 e. The molecule has 7 nitrogen and oxygen atoms in total. The van der Waals surface area contributed by atoms with Crippen molar-refractivity contribution >= 4 is 43.5 Å². The minimum Gasteiger partial charge on any atom is -0.352 e. The lowest BCUT2D eigenvalue weighted by molar-refractivity contribution is -0.140. The molecule has 1 atom stereocenters. The van der Waals surface area contributed by atoms with Gasteiger partial charge < -0.3 is 10.2 Å². The van der Waals surface area contributed by atoms with Gasteiger partial charge in [-0.1, -0.05) is 104 Å². The smallest absolute Gasteiger partial charge is 0.244 e. The number of halogens is 1. The van der Waals surface area contributed by atoms with Crippen LogP contribution in [-0.4, -0.2) is 50.0 Å². The Morgan fingerprint density at radius 3 is 2.07 bits per heavy atom. The zero-order chi connectivity index (χ0) is 31.2. The Bertz CT molecular complexity index is 1480. The van der Waals surface area contributed by atoms with Crippen molar-refractivity contribution < 1.29 is 18.0 Å². The number of nitrogens with one attached hydrogen (secondary N) is 1. The Hall–Kier alpha value is -3.17. The predicted molar refractivity (Wildman–Crippen MR) is 176 cm³/mol. The molecule has 0 saturated heterocycles. The van der Waals surface area contributed by atoms with Crippen molar-refractivity contribution in [2.24, 2.45) is 0 Å². The van der Waals surface area contributed by atoms with Gasteiger partial charge in [-0.3, -0.25) is 13.9 Å². The molecule has 2 amide bonds. The number of hydrogen-bond acceptors (Lipinski definition) is 4. The van der Waals surface area contributed by atoms with Crippen LogP contribution >= 0.6 is 15.9 Å². The number of benzene rings is 3. The highest BCUT2D eigenvalue weighted by molar-refractivity contribution is 9.10. The van der Waals surface area contributed by atoms with Crippen molar-refractivity contribution in [3.63, 3.8) is 0 Å². The van der Waals surface area contributed by atoms with Crippen LogP contribution in [-0.2, 0) is 38.0 Å². The number of amides is 2. The van der Waals surface area contributed by atoms with Gasteiger partial charge in [-0.25, -0.2) is 8.42 Å². The summed E-state index contributed by atoms with van der Waals surface area (Å²) in [5.41, 5.74) is 3.11. The molecule has 1 saturated carbocycles. The van der Waals surface area contributed by atoms with Crippen molar-refractivity contribution in [3.8, 4) is 0 Å². The number of nitrogens with zero attached hydrogens (tertiary/aromatic N) is 2. The molecule has 0 aromatic heterocycles. The lowest BCUT2D eigenvalue weighted by atomic mass is 9.87. The van der Waals surface area contributed by atoms with Gasteiger partial charge in [0.25, 0.3) is 0 Å².